The van der Waals surface area contributed by atoms with Crippen LogP contribution >= 0.6 is 0 Å². The highest BCUT2D eigenvalue weighted by Gasteiger charge is 2.18. The summed E-state index contributed by atoms with van der Waals surface area (Å²) < 4.78 is 13.3. The first kappa shape index (κ1) is 20.2. The molecule has 0 radical (unpaired) electrons. The summed E-state index contributed by atoms with van der Waals surface area (Å²) in [6, 6.07) is 5.10. The Hall–Kier alpha value is -3.04. The Labute approximate surface area is 173 Å². The van der Waals surface area contributed by atoms with Gasteiger partial charge in [-0.2, -0.15) is 0 Å². The first-order valence-corrected chi connectivity index (χ1v) is 9.99. The summed E-state index contributed by atoms with van der Waals surface area (Å²) in [4.78, 5) is 32.4. The lowest BCUT2D eigenvalue weighted by Crippen LogP contribution is -2.37. The fraction of sp³-hybridized carbons (Fsp3) is 0.429. The quantitative estimate of drug-likeness (QED) is 0.495. The largest absolute Gasteiger partial charge is 0.465 e. The molecule has 0 unspecified atom stereocenters. The van der Waals surface area contributed by atoms with E-state index in [-0.39, 0.29) is 16.6 Å². The second-order valence-electron chi connectivity index (χ2n) is 7.45. The minimum Gasteiger partial charge on any atom is -0.465 e. The van der Waals surface area contributed by atoms with Crippen molar-refractivity contribution >= 4 is 22.6 Å². The molecule has 0 atom stereocenters. The zero-order chi connectivity index (χ0) is 21.3. The minimum atomic E-state index is -0.641. The molecule has 9 heteroatoms. The maximum absolute atomic E-state index is 13.2. The van der Waals surface area contributed by atoms with E-state index in [1.54, 1.807) is 16.8 Å². The van der Waals surface area contributed by atoms with Crippen molar-refractivity contribution in [2.75, 3.05) is 40.0 Å². The number of pyridine rings is 2. The van der Waals surface area contributed by atoms with Gasteiger partial charge in [-0.05, 0) is 31.0 Å². The van der Waals surface area contributed by atoms with Crippen LogP contribution in [0.2, 0.25) is 0 Å². The Balaban J connectivity index is 1.82. The number of ether oxygens (including phenoxy) is 2. The van der Waals surface area contributed by atoms with E-state index >= 15 is 0 Å². The van der Waals surface area contributed by atoms with Gasteiger partial charge < -0.3 is 14.0 Å². The Morgan fingerprint density at radius 3 is 2.77 bits per heavy atom. The number of nitrogens with one attached hydrogen (secondary N) is 1. The number of carbonyl (C=O) groups excluding carboxylic acids is 1. The van der Waals surface area contributed by atoms with Crippen molar-refractivity contribution in [3.63, 3.8) is 0 Å². The highest BCUT2D eigenvalue weighted by atomic mass is 16.5. The predicted octanol–water partition coefficient (Wildman–Crippen LogP) is 0.946. The second kappa shape index (κ2) is 8.37. The fourth-order valence-corrected chi connectivity index (χ4v) is 3.80. The maximum Gasteiger partial charge on any atom is 0.341 e. The van der Waals surface area contributed by atoms with E-state index in [1.807, 2.05) is 13.0 Å². The topological polar surface area (TPSA) is 102 Å². The van der Waals surface area contributed by atoms with Crippen LogP contribution in [0.25, 0.3) is 16.7 Å². The number of hydrogen-bond acceptors (Lipinski definition) is 7. The highest BCUT2D eigenvalue weighted by Crippen LogP contribution is 2.12. The van der Waals surface area contributed by atoms with Crippen LogP contribution in [0.1, 0.15) is 22.3 Å². The summed E-state index contributed by atoms with van der Waals surface area (Å²) in [5, 5.41) is 8.87. The molecule has 4 rings (SSSR count). The summed E-state index contributed by atoms with van der Waals surface area (Å²) in [7, 11) is 1.27. The van der Waals surface area contributed by atoms with Crippen LogP contribution in [-0.4, -0.2) is 64.8 Å². The van der Waals surface area contributed by atoms with Gasteiger partial charge in [-0.1, -0.05) is 6.07 Å². The van der Waals surface area contributed by atoms with Crippen molar-refractivity contribution in [1.82, 2.24) is 18.9 Å². The lowest BCUT2D eigenvalue weighted by molar-refractivity contribution is 0.0369. The Morgan fingerprint density at radius 2 is 2.03 bits per heavy atom. The van der Waals surface area contributed by atoms with E-state index in [4.69, 9.17) is 14.9 Å². The summed E-state index contributed by atoms with van der Waals surface area (Å²) in [6.07, 6.45) is 2.48. The maximum atomic E-state index is 13.2. The molecule has 4 heterocycles. The van der Waals surface area contributed by atoms with Crippen LogP contribution in [-0.2, 0) is 16.0 Å². The van der Waals surface area contributed by atoms with Gasteiger partial charge in [0.25, 0.3) is 5.56 Å². The molecule has 0 spiro atoms. The highest BCUT2D eigenvalue weighted by molar-refractivity contribution is 5.93. The van der Waals surface area contributed by atoms with Crippen LogP contribution in [0.5, 0.6) is 0 Å². The SMILES string of the molecule is COC(=O)c1cc2c(=O)n3cc(C)ccc3nc2n(CCCN2CCOCC2)c1=N. The Morgan fingerprint density at radius 1 is 1.27 bits per heavy atom. The van der Waals surface area contributed by atoms with Crippen LogP contribution < -0.4 is 11.0 Å². The number of aromatic nitrogens is 3. The van der Waals surface area contributed by atoms with Crippen molar-refractivity contribution in [2.45, 2.75) is 19.9 Å². The van der Waals surface area contributed by atoms with E-state index in [9.17, 15) is 9.59 Å². The molecule has 0 saturated carbocycles. The van der Waals surface area contributed by atoms with Gasteiger partial charge in [0, 0.05) is 32.4 Å². The molecule has 0 aromatic carbocycles. The number of carbonyl (C=O) groups is 1. The Kier molecular flexibility index (Phi) is 5.65. The molecule has 30 heavy (non-hydrogen) atoms. The second-order valence-corrected chi connectivity index (χ2v) is 7.45. The van der Waals surface area contributed by atoms with E-state index in [1.165, 1.54) is 17.6 Å². The lowest BCUT2D eigenvalue weighted by Gasteiger charge is -2.26. The minimum absolute atomic E-state index is 0.000288. The van der Waals surface area contributed by atoms with E-state index in [0.29, 0.717) is 23.2 Å². The van der Waals surface area contributed by atoms with Crippen molar-refractivity contribution in [3.05, 3.63) is 51.4 Å². The molecule has 158 valence electrons. The molecule has 1 N–H and O–H groups in total. The van der Waals surface area contributed by atoms with Crippen LogP contribution in [0, 0.1) is 12.3 Å². The number of hydrogen-bond donors (Lipinski definition) is 1. The fourth-order valence-electron chi connectivity index (χ4n) is 3.80. The number of aryl methyl sites for hydroxylation is 2. The standard InChI is InChI=1S/C21H25N5O4/c1-14-4-5-17-23-19-16(20(27)26(17)13-14)12-15(21(28)29-2)18(22)25(19)7-3-6-24-8-10-30-11-9-24/h4-5,12-13,22H,3,6-11H2,1-2H3. The molecule has 9 nitrogen and oxygen atoms in total. The predicted molar refractivity (Wildman–Crippen MR) is 111 cm³/mol. The summed E-state index contributed by atoms with van der Waals surface area (Å²) in [5.74, 6) is -0.641. The normalized spacial score (nSPS) is 15.0. The molecule has 3 aromatic heterocycles. The first-order valence-electron chi connectivity index (χ1n) is 9.99. The van der Waals surface area contributed by atoms with Gasteiger partial charge in [0.1, 0.15) is 22.3 Å². The number of fused-ring (bicyclic) bond motifs is 2. The van der Waals surface area contributed by atoms with Gasteiger partial charge in [0.05, 0.1) is 25.7 Å². The van der Waals surface area contributed by atoms with Gasteiger partial charge in [0.15, 0.2) is 0 Å². The average molecular weight is 411 g/mol. The third kappa shape index (κ3) is 3.73. The van der Waals surface area contributed by atoms with Gasteiger partial charge in [-0.25, -0.2) is 9.78 Å². The molecule has 1 aliphatic rings. The molecule has 1 aliphatic heterocycles. The summed E-state index contributed by atoms with van der Waals surface area (Å²) >= 11 is 0. The number of nitrogens with zero attached hydrogens (tertiary/aromatic N) is 4. The van der Waals surface area contributed by atoms with Crippen molar-refractivity contribution < 1.29 is 14.3 Å². The summed E-state index contributed by atoms with van der Waals surface area (Å²) in [6.45, 7) is 6.41. The molecular formula is C21H25N5O4. The first-order chi connectivity index (χ1) is 14.5. The van der Waals surface area contributed by atoms with Gasteiger partial charge >= 0.3 is 5.97 Å². The zero-order valence-corrected chi connectivity index (χ0v) is 17.2. The van der Waals surface area contributed by atoms with Gasteiger partial charge in [-0.15, -0.1) is 0 Å². The lowest BCUT2D eigenvalue weighted by atomic mass is 10.2. The summed E-state index contributed by atoms with van der Waals surface area (Å²) in [5.41, 5.74) is 1.62. The monoisotopic (exact) mass is 411 g/mol. The van der Waals surface area contributed by atoms with E-state index < -0.39 is 5.97 Å². The number of methoxy groups -OCH3 is 1. The van der Waals surface area contributed by atoms with Gasteiger partial charge in [0.2, 0.25) is 0 Å². The van der Waals surface area contributed by atoms with Crippen molar-refractivity contribution in [3.8, 4) is 0 Å². The Bertz CT molecular complexity index is 1220. The smallest absolute Gasteiger partial charge is 0.341 e. The van der Waals surface area contributed by atoms with Crippen LogP contribution in [0.15, 0.2) is 29.2 Å². The van der Waals surface area contributed by atoms with E-state index in [0.717, 1.165) is 44.8 Å². The van der Waals surface area contributed by atoms with Crippen molar-refractivity contribution in [2.24, 2.45) is 0 Å². The average Bonchev–Trinajstić information content (AvgIpc) is 2.76. The zero-order valence-electron chi connectivity index (χ0n) is 17.2. The van der Waals surface area contributed by atoms with E-state index in [2.05, 4.69) is 9.88 Å². The number of esters is 1. The third-order valence-electron chi connectivity index (χ3n) is 5.42. The third-order valence-corrected chi connectivity index (χ3v) is 5.42. The molecule has 0 bridgehead atoms. The van der Waals surface area contributed by atoms with Crippen LogP contribution in [0.3, 0.4) is 0 Å². The number of rotatable bonds is 5. The molecular weight excluding hydrogens is 386 g/mol. The molecule has 0 amide bonds. The molecule has 1 saturated heterocycles. The van der Waals surface area contributed by atoms with Gasteiger partial charge in [-0.3, -0.25) is 19.5 Å². The molecule has 3 aromatic rings. The number of morpholine rings is 1. The molecule has 1 fully saturated rings. The van der Waals surface area contributed by atoms with Crippen LogP contribution in [0.4, 0.5) is 0 Å². The molecule has 0 aliphatic carbocycles. The van der Waals surface area contributed by atoms with Crippen molar-refractivity contribution in [1.29, 1.82) is 5.41 Å².